The smallest absolute Gasteiger partial charge is 0.123 e. The van der Waals surface area contributed by atoms with Crippen LogP contribution in [0.1, 0.15) is 25.8 Å². The molecule has 0 radical (unpaired) electrons. The van der Waals surface area contributed by atoms with E-state index in [1.54, 1.807) is 12.1 Å². The highest BCUT2D eigenvalue weighted by Gasteiger charge is 2.01. The van der Waals surface area contributed by atoms with E-state index in [9.17, 15) is 4.39 Å². The topological polar surface area (TPSA) is 12.4 Å². The molecular formula is C11H15FNP. The zero-order chi connectivity index (χ0) is 10.6. The van der Waals surface area contributed by atoms with E-state index in [0.29, 0.717) is 0 Å². The fraction of sp³-hybridized carbons (Fsp3) is 0.364. The van der Waals surface area contributed by atoms with Crippen molar-refractivity contribution in [2.75, 3.05) is 0 Å². The third-order valence-electron chi connectivity index (χ3n) is 1.87. The molecular weight excluding hydrogens is 196 g/mol. The Morgan fingerprint density at radius 1 is 1.43 bits per heavy atom. The predicted octanol–water partition coefficient (Wildman–Crippen LogP) is 3.25. The zero-order valence-corrected chi connectivity index (χ0v) is 9.65. The summed E-state index contributed by atoms with van der Waals surface area (Å²) in [7, 11) is 2.63. The number of benzene rings is 1. The third kappa shape index (κ3) is 3.19. The molecule has 0 bridgehead atoms. The van der Waals surface area contributed by atoms with Gasteiger partial charge in [-0.1, -0.05) is 19.1 Å². The highest BCUT2D eigenvalue weighted by Crippen LogP contribution is 2.10. The lowest BCUT2D eigenvalue weighted by Crippen LogP contribution is -2.02. The van der Waals surface area contributed by atoms with Gasteiger partial charge in [0.2, 0.25) is 0 Å². The van der Waals surface area contributed by atoms with Crippen LogP contribution < -0.4 is 0 Å². The van der Waals surface area contributed by atoms with E-state index in [2.05, 4.69) is 21.2 Å². The number of rotatable bonds is 3. The summed E-state index contributed by atoms with van der Waals surface area (Å²) >= 11 is 0. The lowest BCUT2D eigenvalue weighted by atomic mass is 10.1. The molecule has 0 aliphatic carbocycles. The average Bonchev–Trinajstić information content (AvgIpc) is 2.15. The van der Waals surface area contributed by atoms with E-state index in [-0.39, 0.29) is 11.6 Å². The number of hydrogen-bond acceptors (Lipinski definition) is 1. The fourth-order valence-corrected chi connectivity index (χ4v) is 1.44. The number of halogens is 1. The lowest BCUT2D eigenvalue weighted by molar-refractivity contribution is 0.627. The monoisotopic (exact) mass is 211 g/mol. The Hall–Kier alpha value is -0.750. The van der Waals surface area contributed by atoms with E-state index >= 15 is 0 Å². The molecule has 0 aromatic heterocycles. The molecule has 1 aromatic carbocycles. The standard InChI is InChI=1S/C11H15FNP/c1-3-11(13-8(2)14)9-4-6-10(12)7-5-9/h4-8H,3,14H2,1-2H3. The summed E-state index contributed by atoms with van der Waals surface area (Å²) in [5.41, 5.74) is 2.02. The second-order valence-corrected chi connectivity index (χ2v) is 4.14. The number of nitrogens with zero attached hydrogens (tertiary/aromatic N) is 1. The van der Waals surface area contributed by atoms with Gasteiger partial charge in [0.25, 0.3) is 0 Å². The van der Waals surface area contributed by atoms with Crippen LogP contribution in [0, 0.1) is 5.82 Å². The average molecular weight is 211 g/mol. The summed E-state index contributed by atoms with van der Waals surface area (Å²) in [6, 6.07) is 6.47. The van der Waals surface area contributed by atoms with Crippen LogP contribution in [-0.4, -0.2) is 11.5 Å². The second-order valence-electron chi connectivity index (χ2n) is 3.18. The first-order chi connectivity index (χ1) is 6.63. The Labute approximate surface area is 86.6 Å². The first-order valence-electron chi connectivity index (χ1n) is 4.71. The SMILES string of the molecule is CCC(=NC(C)P)c1ccc(F)cc1. The van der Waals surface area contributed by atoms with Crippen LogP contribution in [0.25, 0.3) is 0 Å². The molecule has 0 aliphatic heterocycles. The maximum Gasteiger partial charge on any atom is 0.123 e. The normalized spacial score (nSPS) is 14.1. The van der Waals surface area contributed by atoms with Gasteiger partial charge in [-0.15, -0.1) is 9.24 Å². The molecule has 3 heteroatoms. The van der Waals surface area contributed by atoms with Gasteiger partial charge in [0.15, 0.2) is 0 Å². The van der Waals surface area contributed by atoms with E-state index in [1.165, 1.54) is 12.1 Å². The molecule has 14 heavy (non-hydrogen) atoms. The summed E-state index contributed by atoms with van der Waals surface area (Å²) < 4.78 is 12.7. The van der Waals surface area contributed by atoms with Crippen LogP contribution in [0.4, 0.5) is 4.39 Å². The highest BCUT2D eigenvalue weighted by atomic mass is 31.0. The Morgan fingerprint density at radius 3 is 2.43 bits per heavy atom. The summed E-state index contributed by atoms with van der Waals surface area (Å²) in [5, 5.41) is 0. The largest absolute Gasteiger partial charge is 0.282 e. The minimum atomic E-state index is -0.205. The van der Waals surface area contributed by atoms with E-state index in [1.807, 2.05) is 6.92 Å². The van der Waals surface area contributed by atoms with E-state index in [4.69, 9.17) is 0 Å². The van der Waals surface area contributed by atoms with Gasteiger partial charge < -0.3 is 0 Å². The van der Waals surface area contributed by atoms with Gasteiger partial charge in [0.1, 0.15) is 5.82 Å². The molecule has 76 valence electrons. The van der Waals surface area contributed by atoms with E-state index < -0.39 is 0 Å². The summed E-state index contributed by atoms with van der Waals surface area (Å²) in [6.45, 7) is 4.05. The van der Waals surface area contributed by atoms with Gasteiger partial charge >= 0.3 is 0 Å². The van der Waals surface area contributed by atoms with Gasteiger partial charge in [-0.3, -0.25) is 4.99 Å². The molecule has 0 fully saturated rings. The lowest BCUT2D eigenvalue weighted by Gasteiger charge is -2.06. The molecule has 0 heterocycles. The molecule has 0 saturated heterocycles. The maximum absolute atomic E-state index is 12.7. The van der Waals surface area contributed by atoms with Crippen molar-refractivity contribution in [2.45, 2.75) is 26.1 Å². The Morgan fingerprint density at radius 2 is 2.00 bits per heavy atom. The first kappa shape index (κ1) is 11.3. The molecule has 1 aromatic rings. The van der Waals surface area contributed by atoms with Crippen LogP contribution in [0.3, 0.4) is 0 Å². The van der Waals surface area contributed by atoms with Gasteiger partial charge in [-0.25, -0.2) is 4.39 Å². The quantitative estimate of drug-likeness (QED) is 0.537. The van der Waals surface area contributed by atoms with Crippen molar-refractivity contribution in [1.82, 2.24) is 0 Å². The van der Waals surface area contributed by atoms with Crippen molar-refractivity contribution >= 4 is 15.0 Å². The molecule has 2 atom stereocenters. The molecule has 2 unspecified atom stereocenters. The highest BCUT2D eigenvalue weighted by molar-refractivity contribution is 7.17. The van der Waals surface area contributed by atoms with Crippen LogP contribution in [0.5, 0.6) is 0 Å². The molecule has 0 saturated carbocycles. The van der Waals surface area contributed by atoms with Crippen molar-refractivity contribution in [1.29, 1.82) is 0 Å². The summed E-state index contributed by atoms with van der Waals surface area (Å²) in [4.78, 5) is 4.45. The second kappa shape index (κ2) is 5.21. The minimum Gasteiger partial charge on any atom is -0.282 e. The Bertz CT molecular complexity index is 317. The van der Waals surface area contributed by atoms with Crippen molar-refractivity contribution in [2.24, 2.45) is 4.99 Å². The summed E-state index contributed by atoms with van der Waals surface area (Å²) in [6.07, 6.45) is 0.865. The van der Waals surface area contributed by atoms with Crippen molar-refractivity contribution in [3.8, 4) is 0 Å². The van der Waals surface area contributed by atoms with Crippen molar-refractivity contribution in [3.05, 3.63) is 35.6 Å². The van der Waals surface area contributed by atoms with Crippen LogP contribution in [-0.2, 0) is 0 Å². The van der Waals surface area contributed by atoms with Crippen molar-refractivity contribution in [3.63, 3.8) is 0 Å². The predicted molar refractivity (Wildman–Crippen MR) is 62.4 cm³/mol. The van der Waals surface area contributed by atoms with Gasteiger partial charge in [-0.05, 0) is 31.0 Å². The first-order valence-corrected chi connectivity index (χ1v) is 5.38. The fourth-order valence-electron chi connectivity index (χ4n) is 1.26. The molecule has 1 nitrogen and oxygen atoms in total. The minimum absolute atomic E-state index is 0.204. The molecule has 0 spiro atoms. The molecule has 0 amide bonds. The van der Waals surface area contributed by atoms with Crippen LogP contribution >= 0.6 is 9.24 Å². The van der Waals surface area contributed by atoms with Crippen molar-refractivity contribution < 1.29 is 4.39 Å². The number of aliphatic imine (C=N–C) groups is 1. The molecule has 1 rings (SSSR count). The van der Waals surface area contributed by atoms with Crippen LogP contribution in [0.15, 0.2) is 29.3 Å². The van der Waals surface area contributed by atoms with E-state index in [0.717, 1.165) is 17.7 Å². The maximum atomic E-state index is 12.7. The third-order valence-corrected chi connectivity index (χ3v) is 2.02. The number of hydrogen-bond donors (Lipinski definition) is 0. The van der Waals surface area contributed by atoms with Gasteiger partial charge in [-0.2, -0.15) is 0 Å². The molecule has 0 N–H and O–H groups in total. The summed E-state index contributed by atoms with van der Waals surface area (Å²) in [5.74, 6) is -0.00173. The van der Waals surface area contributed by atoms with Gasteiger partial charge in [0.05, 0.1) is 5.78 Å². The zero-order valence-electron chi connectivity index (χ0n) is 8.50. The van der Waals surface area contributed by atoms with Gasteiger partial charge in [0, 0.05) is 5.71 Å². The molecule has 0 aliphatic rings. The Balaban J connectivity index is 2.95. The Kier molecular flexibility index (Phi) is 4.21. The van der Waals surface area contributed by atoms with Crippen LogP contribution in [0.2, 0.25) is 0 Å².